The number of carbonyl (C=O) groups excluding carboxylic acids is 1. The van der Waals surface area contributed by atoms with Gasteiger partial charge in [-0.2, -0.15) is 0 Å². The standard InChI is InChI=1S/C22H21N3O4/c1-2-27-18-6-4-17(5-7-18)25-22(26)16-9-10-23-21(12-16)24-13-15-3-8-19-20(11-15)29-14-28-19/h3-12H,2,13-14H2,1H3,(H,23,24)(H,25,26). The molecule has 29 heavy (non-hydrogen) atoms. The minimum Gasteiger partial charge on any atom is -0.494 e. The molecule has 148 valence electrons. The van der Waals surface area contributed by atoms with E-state index in [0.29, 0.717) is 30.2 Å². The molecule has 1 amide bonds. The molecule has 7 nitrogen and oxygen atoms in total. The van der Waals surface area contributed by atoms with Crippen LogP contribution < -0.4 is 24.8 Å². The molecule has 2 heterocycles. The van der Waals surface area contributed by atoms with Crippen LogP contribution in [0.15, 0.2) is 60.8 Å². The second-order valence-corrected chi connectivity index (χ2v) is 6.38. The Labute approximate surface area is 168 Å². The van der Waals surface area contributed by atoms with Gasteiger partial charge in [0.2, 0.25) is 6.79 Å². The van der Waals surface area contributed by atoms with Crippen molar-refractivity contribution in [3.63, 3.8) is 0 Å². The summed E-state index contributed by atoms with van der Waals surface area (Å²) in [6, 6.07) is 16.4. The van der Waals surface area contributed by atoms with E-state index in [1.54, 1.807) is 18.3 Å². The third kappa shape index (κ3) is 4.57. The first-order valence-electron chi connectivity index (χ1n) is 9.34. The SMILES string of the molecule is CCOc1ccc(NC(=O)c2ccnc(NCc3ccc4c(c3)OCO4)c2)cc1. The lowest BCUT2D eigenvalue weighted by molar-refractivity contribution is 0.102. The molecule has 1 aromatic heterocycles. The molecular formula is C22H21N3O4. The summed E-state index contributed by atoms with van der Waals surface area (Å²) in [4.78, 5) is 16.8. The first-order valence-corrected chi connectivity index (χ1v) is 9.34. The van der Waals surface area contributed by atoms with Gasteiger partial charge in [-0.3, -0.25) is 4.79 Å². The van der Waals surface area contributed by atoms with Gasteiger partial charge in [-0.05, 0) is 61.0 Å². The van der Waals surface area contributed by atoms with Crippen LogP contribution in [0.1, 0.15) is 22.8 Å². The normalized spacial score (nSPS) is 11.8. The van der Waals surface area contributed by atoms with Gasteiger partial charge in [-0.25, -0.2) is 4.98 Å². The molecule has 2 aromatic carbocycles. The molecule has 0 atom stereocenters. The molecule has 0 radical (unpaired) electrons. The molecule has 0 fully saturated rings. The molecule has 0 saturated carbocycles. The van der Waals surface area contributed by atoms with E-state index in [0.717, 1.165) is 22.8 Å². The van der Waals surface area contributed by atoms with E-state index in [1.807, 2.05) is 49.4 Å². The van der Waals surface area contributed by atoms with Crippen molar-refractivity contribution in [2.45, 2.75) is 13.5 Å². The number of carbonyl (C=O) groups is 1. The number of nitrogens with zero attached hydrogens (tertiary/aromatic N) is 1. The lowest BCUT2D eigenvalue weighted by Gasteiger charge is -2.09. The minimum atomic E-state index is -0.206. The van der Waals surface area contributed by atoms with Crippen LogP contribution in [-0.2, 0) is 6.54 Å². The summed E-state index contributed by atoms with van der Waals surface area (Å²) in [5.41, 5.74) is 2.24. The monoisotopic (exact) mass is 391 g/mol. The van der Waals surface area contributed by atoms with Crippen LogP contribution in [0.3, 0.4) is 0 Å². The number of fused-ring (bicyclic) bond motifs is 1. The zero-order valence-electron chi connectivity index (χ0n) is 16.0. The van der Waals surface area contributed by atoms with E-state index < -0.39 is 0 Å². The highest BCUT2D eigenvalue weighted by molar-refractivity contribution is 6.04. The number of nitrogens with one attached hydrogen (secondary N) is 2. The van der Waals surface area contributed by atoms with E-state index in [2.05, 4.69) is 15.6 Å². The number of amides is 1. The van der Waals surface area contributed by atoms with Crippen molar-refractivity contribution in [3.8, 4) is 17.2 Å². The number of benzene rings is 2. The topological polar surface area (TPSA) is 81.7 Å². The smallest absolute Gasteiger partial charge is 0.255 e. The van der Waals surface area contributed by atoms with Crippen LogP contribution in [0.4, 0.5) is 11.5 Å². The summed E-state index contributed by atoms with van der Waals surface area (Å²) in [5, 5.41) is 6.11. The van der Waals surface area contributed by atoms with E-state index in [-0.39, 0.29) is 12.7 Å². The van der Waals surface area contributed by atoms with Crippen molar-refractivity contribution in [2.75, 3.05) is 24.0 Å². The van der Waals surface area contributed by atoms with Gasteiger partial charge in [0.1, 0.15) is 11.6 Å². The number of rotatable bonds is 7. The summed E-state index contributed by atoms with van der Waals surface area (Å²) in [6.45, 7) is 3.33. The Bertz CT molecular complexity index is 1010. The van der Waals surface area contributed by atoms with Crippen molar-refractivity contribution in [3.05, 3.63) is 71.9 Å². The number of aromatic nitrogens is 1. The largest absolute Gasteiger partial charge is 0.494 e. The Hall–Kier alpha value is -3.74. The second-order valence-electron chi connectivity index (χ2n) is 6.38. The van der Waals surface area contributed by atoms with Crippen LogP contribution in [0.25, 0.3) is 0 Å². The molecule has 4 rings (SSSR count). The summed E-state index contributed by atoms with van der Waals surface area (Å²) in [6.07, 6.45) is 1.61. The molecule has 0 bridgehead atoms. The Morgan fingerprint density at radius 3 is 2.72 bits per heavy atom. The van der Waals surface area contributed by atoms with Crippen LogP contribution in [0, 0.1) is 0 Å². The highest BCUT2D eigenvalue weighted by Gasteiger charge is 2.13. The molecule has 7 heteroatoms. The van der Waals surface area contributed by atoms with Crippen molar-refractivity contribution >= 4 is 17.4 Å². The summed E-state index contributed by atoms with van der Waals surface area (Å²) >= 11 is 0. The maximum absolute atomic E-state index is 12.6. The average Bonchev–Trinajstić information content (AvgIpc) is 3.22. The lowest BCUT2D eigenvalue weighted by Crippen LogP contribution is -2.12. The molecule has 0 aliphatic carbocycles. The van der Waals surface area contributed by atoms with Gasteiger partial charge < -0.3 is 24.8 Å². The predicted octanol–water partition coefficient (Wildman–Crippen LogP) is 4.07. The molecule has 0 saturated heterocycles. The van der Waals surface area contributed by atoms with Gasteiger partial charge in [0.05, 0.1) is 6.61 Å². The summed E-state index contributed by atoms with van der Waals surface area (Å²) < 4.78 is 16.1. The Balaban J connectivity index is 1.38. The summed E-state index contributed by atoms with van der Waals surface area (Å²) in [5.74, 6) is 2.66. The Morgan fingerprint density at radius 2 is 1.90 bits per heavy atom. The van der Waals surface area contributed by atoms with Crippen LogP contribution in [-0.4, -0.2) is 24.3 Å². The van der Waals surface area contributed by atoms with E-state index >= 15 is 0 Å². The zero-order chi connectivity index (χ0) is 20.1. The number of pyridine rings is 1. The Kier molecular flexibility index (Phi) is 5.47. The van der Waals surface area contributed by atoms with Crippen molar-refractivity contribution in [1.82, 2.24) is 4.98 Å². The molecule has 1 aliphatic rings. The average molecular weight is 391 g/mol. The van der Waals surface area contributed by atoms with Crippen molar-refractivity contribution in [2.24, 2.45) is 0 Å². The van der Waals surface area contributed by atoms with Gasteiger partial charge >= 0.3 is 0 Å². The van der Waals surface area contributed by atoms with Gasteiger partial charge in [0.25, 0.3) is 5.91 Å². The van der Waals surface area contributed by atoms with Gasteiger partial charge in [0, 0.05) is 24.0 Å². The molecule has 0 spiro atoms. The molecule has 3 aromatic rings. The molecule has 0 unspecified atom stereocenters. The van der Waals surface area contributed by atoms with E-state index in [1.165, 1.54) is 0 Å². The van der Waals surface area contributed by atoms with Crippen LogP contribution >= 0.6 is 0 Å². The number of ether oxygens (including phenoxy) is 3. The van der Waals surface area contributed by atoms with Crippen LogP contribution in [0.5, 0.6) is 17.2 Å². The predicted molar refractivity (Wildman–Crippen MR) is 110 cm³/mol. The quantitative estimate of drug-likeness (QED) is 0.632. The number of anilines is 2. The first-order chi connectivity index (χ1) is 14.2. The molecular weight excluding hydrogens is 370 g/mol. The fraction of sp³-hybridized carbons (Fsp3) is 0.182. The maximum Gasteiger partial charge on any atom is 0.255 e. The summed E-state index contributed by atoms with van der Waals surface area (Å²) in [7, 11) is 0. The first kappa shape index (κ1) is 18.6. The highest BCUT2D eigenvalue weighted by Crippen LogP contribution is 2.32. The van der Waals surface area contributed by atoms with Crippen molar-refractivity contribution in [1.29, 1.82) is 0 Å². The van der Waals surface area contributed by atoms with Gasteiger partial charge in [-0.1, -0.05) is 6.07 Å². The highest BCUT2D eigenvalue weighted by atomic mass is 16.7. The number of hydrogen-bond donors (Lipinski definition) is 2. The molecule has 2 N–H and O–H groups in total. The van der Waals surface area contributed by atoms with Crippen molar-refractivity contribution < 1.29 is 19.0 Å². The van der Waals surface area contributed by atoms with E-state index in [4.69, 9.17) is 14.2 Å². The van der Waals surface area contributed by atoms with E-state index in [9.17, 15) is 4.79 Å². The van der Waals surface area contributed by atoms with Gasteiger partial charge in [-0.15, -0.1) is 0 Å². The second kappa shape index (κ2) is 8.52. The third-order valence-corrected chi connectivity index (χ3v) is 4.36. The Morgan fingerprint density at radius 1 is 1.07 bits per heavy atom. The van der Waals surface area contributed by atoms with Crippen LogP contribution in [0.2, 0.25) is 0 Å². The number of hydrogen-bond acceptors (Lipinski definition) is 6. The minimum absolute atomic E-state index is 0.206. The third-order valence-electron chi connectivity index (χ3n) is 4.36. The lowest BCUT2D eigenvalue weighted by atomic mass is 10.2. The maximum atomic E-state index is 12.6. The molecule has 1 aliphatic heterocycles. The fourth-order valence-corrected chi connectivity index (χ4v) is 2.92. The zero-order valence-corrected chi connectivity index (χ0v) is 16.0. The fourth-order valence-electron chi connectivity index (χ4n) is 2.92. The van der Waals surface area contributed by atoms with Gasteiger partial charge in [0.15, 0.2) is 11.5 Å².